The molecule has 136 valence electrons. The maximum Gasteiger partial charge on any atom is 0.341 e. The Morgan fingerprint density at radius 2 is 1.92 bits per heavy atom. The molecule has 0 saturated carbocycles. The van der Waals surface area contributed by atoms with Crippen LogP contribution in [0, 0.1) is 0 Å². The van der Waals surface area contributed by atoms with Crippen LogP contribution in [0.4, 0.5) is 0 Å². The Bertz CT molecular complexity index is 806. The van der Waals surface area contributed by atoms with Gasteiger partial charge in [-0.25, -0.2) is 10.2 Å². The Kier molecular flexibility index (Phi) is 7.16. The summed E-state index contributed by atoms with van der Waals surface area (Å²) in [5.41, 5.74) is 3.99. The normalized spacial score (nSPS) is 10.5. The Morgan fingerprint density at radius 3 is 2.58 bits per heavy atom. The fourth-order valence-corrected chi connectivity index (χ4v) is 2.29. The molecule has 0 heterocycles. The van der Waals surface area contributed by atoms with E-state index in [-0.39, 0.29) is 12.3 Å². The van der Waals surface area contributed by atoms with Crippen LogP contribution in [0.25, 0.3) is 0 Å². The summed E-state index contributed by atoms with van der Waals surface area (Å²) in [5.74, 6) is -0.633. The Labute approximate surface area is 158 Å². The van der Waals surface area contributed by atoms with Crippen LogP contribution >= 0.6 is 15.9 Å². The van der Waals surface area contributed by atoms with E-state index < -0.39 is 12.6 Å². The van der Waals surface area contributed by atoms with E-state index in [4.69, 9.17) is 14.6 Å². The summed E-state index contributed by atoms with van der Waals surface area (Å²) < 4.78 is 11.2. The molecule has 2 rings (SSSR count). The van der Waals surface area contributed by atoms with Gasteiger partial charge in [0.25, 0.3) is 0 Å². The Morgan fingerprint density at radius 1 is 1.19 bits per heavy atom. The first-order valence-corrected chi connectivity index (χ1v) is 8.36. The number of hydrogen-bond donors (Lipinski definition) is 2. The molecule has 0 aliphatic rings. The van der Waals surface area contributed by atoms with Gasteiger partial charge in [-0.3, -0.25) is 4.79 Å². The fourth-order valence-electron chi connectivity index (χ4n) is 2.03. The number of carbonyl (C=O) groups excluding carboxylic acids is 1. The van der Waals surface area contributed by atoms with Crippen molar-refractivity contribution in [3.63, 3.8) is 0 Å². The van der Waals surface area contributed by atoms with E-state index >= 15 is 0 Å². The van der Waals surface area contributed by atoms with Crippen LogP contribution < -0.4 is 14.9 Å². The third-order valence-corrected chi connectivity index (χ3v) is 3.75. The number of carboxylic acid groups (broad SMARTS) is 1. The van der Waals surface area contributed by atoms with E-state index in [0.717, 1.165) is 10.0 Å². The molecule has 0 aliphatic heterocycles. The number of nitrogens with one attached hydrogen (secondary N) is 1. The van der Waals surface area contributed by atoms with Crippen LogP contribution in [0.1, 0.15) is 11.1 Å². The zero-order chi connectivity index (χ0) is 18.9. The standard InChI is InChI=1S/C18H17BrN2O5/c1-25-16-8-13(4-7-15(16)26-11-18(23)24)10-20-21-17(22)9-12-2-5-14(19)6-3-12/h2-8,10H,9,11H2,1H3,(H,21,22)(H,23,24)/b20-10-. The van der Waals surface area contributed by atoms with Crippen molar-refractivity contribution in [3.8, 4) is 11.5 Å². The molecule has 0 aliphatic carbocycles. The van der Waals surface area contributed by atoms with Crippen LogP contribution in [0.5, 0.6) is 11.5 Å². The van der Waals surface area contributed by atoms with E-state index in [1.807, 2.05) is 24.3 Å². The summed E-state index contributed by atoms with van der Waals surface area (Å²) in [6.45, 7) is -0.462. The van der Waals surface area contributed by atoms with Crippen molar-refractivity contribution in [3.05, 3.63) is 58.1 Å². The number of aliphatic carboxylic acids is 1. The van der Waals surface area contributed by atoms with Crippen molar-refractivity contribution in [2.75, 3.05) is 13.7 Å². The monoisotopic (exact) mass is 420 g/mol. The molecule has 0 unspecified atom stereocenters. The number of amides is 1. The molecule has 0 spiro atoms. The van der Waals surface area contributed by atoms with E-state index in [1.54, 1.807) is 18.2 Å². The number of carbonyl (C=O) groups is 2. The van der Waals surface area contributed by atoms with Gasteiger partial charge >= 0.3 is 5.97 Å². The molecule has 26 heavy (non-hydrogen) atoms. The molecule has 0 bridgehead atoms. The SMILES string of the molecule is COc1cc(/C=N\NC(=O)Cc2ccc(Br)cc2)ccc1OCC(=O)O. The molecule has 2 N–H and O–H groups in total. The molecular formula is C18H17BrN2O5. The highest BCUT2D eigenvalue weighted by Crippen LogP contribution is 2.27. The average molecular weight is 421 g/mol. The van der Waals surface area contributed by atoms with Crippen LogP contribution in [0.2, 0.25) is 0 Å². The molecular weight excluding hydrogens is 404 g/mol. The minimum Gasteiger partial charge on any atom is -0.493 e. The molecule has 8 heteroatoms. The predicted molar refractivity (Wildman–Crippen MR) is 99.7 cm³/mol. The number of methoxy groups -OCH3 is 1. The van der Waals surface area contributed by atoms with Gasteiger partial charge in [-0.05, 0) is 41.5 Å². The number of rotatable bonds is 8. The second-order valence-corrected chi connectivity index (χ2v) is 6.10. The minimum absolute atomic E-state index is 0.218. The van der Waals surface area contributed by atoms with Gasteiger partial charge < -0.3 is 14.6 Å². The third-order valence-electron chi connectivity index (χ3n) is 3.22. The van der Waals surface area contributed by atoms with Crippen molar-refractivity contribution in [1.82, 2.24) is 5.43 Å². The average Bonchev–Trinajstić information content (AvgIpc) is 2.62. The maximum atomic E-state index is 11.9. The Hall–Kier alpha value is -2.87. The zero-order valence-corrected chi connectivity index (χ0v) is 15.5. The zero-order valence-electron chi connectivity index (χ0n) is 13.9. The van der Waals surface area contributed by atoms with Crippen LogP contribution in [-0.2, 0) is 16.0 Å². The molecule has 2 aromatic rings. The number of nitrogens with zero attached hydrogens (tertiary/aromatic N) is 1. The summed E-state index contributed by atoms with van der Waals surface area (Å²) in [6.07, 6.45) is 1.68. The second-order valence-electron chi connectivity index (χ2n) is 5.19. The number of carboxylic acids is 1. The Balaban J connectivity index is 1.93. The summed E-state index contributed by atoms with van der Waals surface area (Å²) in [6, 6.07) is 12.3. The number of benzene rings is 2. The number of hydrazone groups is 1. The topological polar surface area (TPSA) is 97.2 Å². The molecule has 0 saturated heterocycles. The lowest BCUT2D eigenvalue weighted by molar-refractivity contribution is -0.139. The molecule has 0 atom stereocenters. The van der Waals surface area contributed by atoms with E-state index in [2.05, 4.69) is 26.5 Å². The number of ether oxygens (including phenoxy) is 2. The van der Waals surface area contributed by atoms with Gasteiger partial charge in [-0.15, -0.1) is 0 Å². The second kappa shape index (κ2) is 9.57. The lowest BCUT2D eigenvalue weighted by Crippen LogP contribution is -2.19. The largest absolute Gasteiger partial charge is 0.493 e. The van der Waals surface area contributed by atoms with E-state index in [1.165, 1.54) is 13.3 Å². The van der Waals surface area contributed by atoms with Gasteiger partial charge in [0.05, 0.1) is 19.7 Å². The molecule has 7 nitrogen and oxygen atoms in total. The van der Waals surface area contributed by atoms with Crippen LogP contribution in [0.3, 0.4) is 0 Å². The van der Waals surface area contributed by atoms with Gasteiger partial charge in [-0.2, -0.15) is 5.10 Å². The quantitative estimate of drug-likeness (QED) is 0.505. The van der Waals surface area contributed by atoms with Crippen molar-refractivity contribution < 1.29 is 24.2 Å². The van der Waals surface area contributed by atoms with Gasteiger partial charge in [0, 0.05) is 4.47 Å². The van der Waals surface area contributed by atoms with Gasteiger partial charge in [0.15, 0.2) is 18.1 Å². The van der Waals surface area contributed by atoms with E-state index in [9.17, 15) is 9.59 Å². The van der Waals surface area contributed by atoms with Crippen LogP contribution in [-0.4, -0.2) is 36.9 Å². The molecule has 1 amide bonds. The van der Waals surface area contributed by atoms with Gasteiger partial charge in [0.2, 0.25) is 5.91 Å². The van der Waals surface area contributed by atoms with Crippen molar-refractivity contribution >= 4 is 34.0 Å². The highest BCUT2D eigenvalue weighted by Gasteiger charge is 2.07. The number of halogens is 1. The first kappa shape index (κ1) is 19.5. The van der Waals surface area contributed by atoms with Gasteiger partial charge in [0.1, 0.15) is 0 Å². The smallest absolute Gasteiger partial charge is 0.341 e. The fraction of sp³-hybridized carbons (Fsp3) is 0.167. The molecule has 0 radical (unpaired) electrons. The first-order valence-electron chi connectivity index (χ1n) is 7.57. The molecule has 0 fully saturated rings. The van der Waals surface area contributed by atoms with Crippen molar-refractivity contribution in [2.45, 2.75) is 6.42 Å². The summed E-state index contributed by atoms with van der Waals surface area (Å²) in [4.78, 5) is 22.4. The lowest BCUT2D eigenvalue weighted by Gasteiger charge is -2.09. The van der Waals surface area contributed by atoms with E-state index in [0.29, 0.717) is 17.1 Å². The minimum atomic E-state index is -1.08. The molecule has 2 aromatic carbocycles. The maximum absolute atomic E-state index is 11.9. The summed E-state index contributed by atoms with van der Waals surface area (Å²) in [7, 11) is 1.45. The van der Waals surface area contributed by atoms with Crippen molar-refractivity contribution in [2.24, 2.45) is 5.10 Å². The highest BCUT2D eigenvalue weighted by atomic mass is 79.9. The third kappa shape index (κ3) is 6.21. The van der Waals surface area contributed by atoms with Crippen molar-refractivity contribution in [1.29, 1.82) is 0 Å². The summed E-state index contributed by atoms with van der Waals surface area (Å²) in [5, 5.41) is 12.6. The van der Waals surface area contributed by atoms with Gasteiger partial charge in [-0.1, -0.05) is 28.1 Å². The molecule has 0 aromatic heterocycles. The highest BCUT2D eigenvalue weighted by molar-refractivity contribution is 9.10. The summed E-state index contributed by atoms with van der Waals surface area (Å²) >= 11 is 3.34. The first-order chi connectivity index (χ1) is 12.5. The van der Waals surface area contributed by atoms with Crippen LogP contribution in [0.15, 0.2) is 52.0 Å². The predicted octanol–water partition coefficient (Wildman–Crippen LogP) is 2.61. The lowest BCUT2D eigenvalue weighted by atomic mass is 10.1. The number of hydrogen-bond acceptors (Lipinski definition) is 5.